The van der Waals surface area contributed by atoms with Gasteiger partial charge in [0.1, 0.15) is 5.00 Å². The van der Waals surface area contributed by atoms with Crippen molar-refractivity contribution in [3.8, 4) is 0 Å². The number of aryl methyl sites for hydroxylation is 1. The minimum Gasteiger partial charge on any atom is -0.465 e. The summed E-state index contributed by atoms with van der Waals surface area (Å²) in [7, 11) is -1.33. The molecule has 0 fully saturated rings. The normalized spacial score (nSPS) is 13.7. The fourth-order valence-corrected chi connectivity index (χ4v) is 6.12. The van der Waals surface area contributed by atoms with Gasteiger partial charge in [0.2, 0.25) is 21.8 Å². The summed E-state index contributed by atoms with van der Waals surface area (Å²) in [5, 5.41) is 5.67. The molecule has 33 heavy (non-hydrogen) atoms. The minimum atomic E-state index is -3.94. The molecule has 0 atom stereocenters. The van der Waals surface area contributed by atoms with Gasteiger partial charge in [0, 0.05) is 24.5 Å². The van der Waals surface area contributed by atoms with Crippen molar-refractivity contribution in [2.45, 2.75) is 43.9 Å². The summed E-state index contributed by atoms with van der Waals surface area (Å²) in [4.78, 5) is 37.3. The summed E-state index contributed by atoms with van der Waals surface area (Å²) in [5.41, 5.74) is 1.75. The molecule has 1 heterocycles. The van der Waals surface area contributed by atoms with Crippen LogP contribution in [0.2, 0.25) is 0 Å². The molecule has 3 rings (SSSR count). The zero-order valence-corrected chi connectivity index (χ0v) is 20.4. The number of ether oxygens (including phenoxy) is 1. The first kappa shape index (κ1) is 24.9. The Morgan fingerprint density at radius 2 is 1.73 bits per heavy atom. The van der Waals surface area contributed by atoms with Gasteiger partial charge in [0.05, 0.1) is 24.1 Å². The number of rotatable bonds is 7. The standard InChI is InChI=1S/C22H27N3O6S2/c1-14(26)23-15-9-11-16(12-10-15)33(29,30)25(2)13-19(27)24-21-20(22(28)31-3)17-7-5-4-6-8-18(17)32-21/h9-12H,4-8,13H2,1-3H3,(H,23,26)(H,24,27). The predicted molar refractivity (Wildman–Crippen MR) is 126 cm³/mol. The first-order valence-corrected chi connectivity index (χ1v) is 12.8. The summed E-state index contributed by atoms with van der Waals surface area (Å²) in [6.07, 6.45) is 4.64. The van der Waals surface area contributed by atoms with E-state index in [0.29, 0.717) is 16.3 Å². The van der Waals surface area contributed by atoms with E-state index in [2.05, 4.69) is 10.6 Å². The van der Waals surface area contributed by atoms with E-state index in [0.717, 1.165) is 46.8 Å². The number of fused-ring (bicyclic) bond motifs is 1. The van der Waals surface area contributed by atoms with Gasteiger partial charge in [-0.1, -0.05) is 6.42 Å². The average molecular weight is 494 g/mol. The molecule has 9 nitrogen and oxygen atoms in total. The highest BCUT2D eigenvalue weighted by Crippen LogP contribution is 2.38. The maximum atomic E-state index is 12.9. The van der Waals surface area contributed by atoms with E-state index >= 15 is 0 Å². The molecule has 0 aliphatic heterocycles. The maximum Gasteiger partial charge on any atom is 0.341 e. The van der Waals surface area contributed by atoms with Crippen LogP contribution >= 0.6 is 11.3 Å². The smallest absolute Gasteiger partial charge is 0.341 e. The van der Waals surface area contributed by atoms with Gasteiger partial charge < -0.3 is 15.4 Å². The van der Waals surface area contributed by atoms with E-state index in [1.54, 1.807) is 0 Å². The zero-order chi connectivity index (χ0) is 24.2. The molecule has 0 saturated carbocycles. The number of sulfonamides is 1. The fraction of sp³-hybridized carbons (Fsp3) is 0.409. The first-order valence-electron chi connectivity index (χ1n) is 10.5. The second-order valence-electron chi connectivity index (χ2n) is 7.77. The average Bonchev–Trinajstić information content (AvgIpc) is 2.93. The van der Waals surface area contributed by atoms with Crippen LogP contribution in [0.25, 0.3) is 0 Å². The number of benzene rings is 1. The molecule has 178 valence electrons. The van der Waals surface area contributed by atoms with Crippen LogP contribution < -0.4 is 10.6 Å². The van der Waals surface area contributed by atoms with Crippen molar-refractivity contribution in [1.82, 2.24) is 4.31 Å². The molecule has 1 aromatic heterocycles. The van der Waals surface area contributed by atoms with Crippen molar-refractivity contribution in [1.29, 1.82) is 0 Å². The third-order valence-electron chi connectivity index (χ3n) is 5.31. The monoisotopic (exact) mass is 493 g/mol. The van der Waals surface area contributed by atoms with Gasteiger partial charge in [-0.05, 0) is 55.5 Å². The van der Waals surface area contributed by atoms with Crippen LogP contribution in [0.3, 0.4) is 0 Å². The number of nitrogens with one attached hydrogen (secondary N) is 2. The highest BCUT2D eigenvalue weighted by atomic mass is 32.2. The second kappa shape index (κ2) is 10.4. The van der Waals surface area contributed by atoms with Crippen molar-refractivity contribution in [3.05, 3.63) is 40.3 Å². The van der Waals surface area contributed by atoms with Gasteiger partial charge in [-0.3, -0.25) is 9.59 Å². The van der Waals surface area contributed by atoms with Crippen molar-refractivity contribution in [2.75, 3.05) is 31.3 Å². The molecule has 11 heteroatoms. The number of thiophene rings is 1. The number of carbonyl (C=O) groups excluding carboxylic acids is 3. The molecule has 0 bridgehead atoms. The summed E-state index contributed by atoms with van der Waals surface area (Å²) in [5.74, 6) is -1.33. The Hall–Kier alpha value is -2.76. The molecule has 2 N–H and O–H groups in total. The number of nitrogens with zero attached hydrogens (tertiary/aromatic N) is 1. The molecule has 1 aliphatic rings. The molecular weight excluding hydrogens is 466 g/mol. The van der Waals surface area contributed by atoms with E-state index in [4.69, 9.17) is 4.74 Å². The predicted octanol–water partition coefficient (Wildman–Crippen LogP) is 3.02. The zero-order valence-electron chi connectivity index (χ0n) is 18.8. The van der Waals surface area contributed by atoms with Crippen LogP contribution in [0.1, 0.15) is 47.0 Å². The van der Waals surface area contributed by atoms with Gasteiger partial charge in [0.25, 0.3) is 0 Å². The Morgan fingerprint density at radius 1 is 1.06 bits per heavy atom. The van der Waals surface area contributed by atoms with Gasteiger partial charge in [0.15, 0.2) is 0 Å². The van der Waals surface area contributed by atoms with Crippen LogP contribution in [-0.2, 0) is 37.2 Å². The number of hydrogen-bond acceptors (Lipinski definition) is 7. The number of hydrogen-bond donors (Lipinski definition) is 2. The molecule has 0 saturated heterocycles. The summed E-state index contributed by atoms with van der Waals surface area (Å²) in [6.45, 7) is 0.924. The van der Waals surface area contributed by atoms with E-state index in [-0.39, 0.29) is 10.8 Å². The lowest BCUT2D eigenvalue weighted by Crippen LogP contribution is -2.35. The van der Waals surface area contributed by atoms with Crippen LogP contribution in [0.4, 0.5) is 10.7 Å². The lowest BCUT2D eigenvalue weighted by atomic mass is 10.1. The Balaban J connectivity index is 1.75. The Morgan fingerprint density at radius 3 is 2.36 bits per heavy atom. The highest BCUT2D eigenvalue weighted by Gasteiger charge is 2.28. The van der Waals surface area contributed by atoms with Crippen molar-refractivity contribution >= 4 is 49.8 Å². The molecule has 1 aromatic carbocycles. The Bertz CT molecular complexity index is 1160. The number of likely N-dealkylation sites (N-methyl/N-ethyl adjacent to an activating group) is 1. The second-order valence-corrected chi connectivity index (χ2v) is 10.9. The molecule has 1 aliphatic carbocycles. The van der Waals surface area contributed by atoms with Crippen molar-refractivity contribution in [3.63, 3.8) is 0 Å². The lowest BCUT2D eigenvalue weighted by Gasteiger charge is -2.17. The maximum absolute atomic E-state index is 12.9. The highest BCUT2D eigenvalue weighted by molar-refractivity contribution is 7.89. The number of esters is 1. The van der Waals surface area contributed by atoms with E-state index < -0.39 is 28.4 Å². The number of methoxy groups -OCH3 is 1. The molecule has 0 spiro atoms. The quantitative estimate of drug-likeness (QED) is 0.452. The number of carbonyl (C=O) groups is 3. The topological polar surface area (TPSA) is 122 Å². The summed E-state index contributed by atoms with van der Waals surface area (Å²) in [6, 6.07) is 5.68. The Labute approximate surface area is 197 Å². The third kappa shape index (κ3) is 5.79. The van der Waals surface area contributed by atoms with Gasteiger partial charge in [-0.25, -0.2) is 13.2 Å². The van der Waals surface area contributed by atoms with Crippen LogP contribution in [0.15, 0.2) is 29.2 Å². The van der Waals surface area contributed by atoms with Crippen molar-refractivity contribution in [2.24, 2.45) is 0 Å². The summed E-state index contributed by atoms with van der Waals surface area (Å²) < 4.78 is 31.6. The molecule has 2 aromatic rings. The Kier molecular flexibility index (Phi) is 7.88. The van der Waals surface area contributed by atoms with Crippen molar-refractivity contribution < 1.29 is 27.5 Å². The molecular formula is C22H27N3O6S2. The van der Waals surface area contributed by atoms with Crippen LogP contribution in [-0.4, -0.2) is 51.2 Å². The number of amides is 2. The molecule has 2 amide bonds. The first-order chi connectivity index (χ1) is 15.6. The molecule has 0 unspecified atom stereocenters. The largest absolute Gasteiger partial charge is 0.465 e. The van der Waals surface area contributed by atoms with E-state index in [9.17, 15) is 22.8 Å². The minimum absolute atomic E-state index is 0.00927. The van der Waals surface area contributed by atoms with E-state index in [1.807, 2.05) is 0 Å². The van der Waals surface area contributed by atoms with E-state index in [1.165, 1.54) is 56.7 Å². The van der Waals surface area contributed by atoms with Gasteiger partial charge in [-0.15, -0.1) is 11.3 Å². The fourth-order valence-electron chi connectivity index (χ4n) is 3.70. The van der Waals surface area contributed by atoms with Crippen LogP contribution in [0, 0.1) is 0 Å². The van der Waals surface area contributed by atoms with Crippen LogP contribution in [0.5, 0.6) is 0 Å². The summed E-state index contributed by atoms with van der Waals surface area (Å²) >= 11 is 1.35. The third-order valence-corrected chi connectivity index (χ3v) is 8.34. The van der Waals surface area contributed by atoms with Gasteiger partial charge in [-0.2, -0.15) is 4.31 Å². The molecule has 0 radical (unpaired) electrons. The van der Waals surface area contributed by atoms with Gasteiger partial charge >= 0.3 is 5.97 Å². The lowest BCUT2D eigenvalue weighted by molar-refractivity contribution is -0.116. The SMILES string of the molecule is COC(=O)c1c(NC(=O)CN(C)S(=O)(=O)c2ccc(NC(C)=O)cc2)sc2c1CCCCC2. The number of anilines is 2.